The zero-order valence-electron chi connectivity index (χ0n) is 27.2. The van der Waals surface area contributed by atoms with Crippen molar-refractivity contribution >= 4 is 39.9 Å². The number of aromatic nitrogens is 1. The van der Waals surface area contributed by atoms with E-state index in [2.05, 4.69) is 26.9 Å². The van der Waals surface area contributed by atoms with Crippen molar-refractivity contribution in [2.24, 2.45) is 11.3 Å². The zero-order chi connectivity index (χ0) is 34.0. The van der Waals surface area contributed by atoms with Gasteiger partial charge in [-0.05, 0) is 62.5 Å². The van der Waals surface area contributed by atoms with E-state index in [9.17, 15) is 27.6 Å². The molecule has 2 aliphatic heterocycles. The summed E-state index contributed by atoms with van der Waals surface area (Å²) in [7, 11) is -3.87. The van der Waals surface area contributed by atoms with Gasteiger partial charge >= 0.3 is 6.09 Å². The molecule has 4 amide bonds. The average molecular weight is 672 g/mol. The summed E-state index contributed by atoms with van der Waals surface area (Å²) in [6.07, 6.45) is 10.1. The van der Waals surface area contributed by atoms with Gasteiger partial charge in [0.05, 0.1) is 18.4 Å². The molecule has 47 heavy (non-hydrogen) atoms. The third kappa shape index (κ3) is 7.96. The maximum Gasteiger partial charge on any atom is 0.407 e. The van der Waals surface area contributed by atoms with Crippen LogP contribution in [0.2, 0.25) is 0 Å². The van der Waals surface area contributed by atoms with Gasteiger partial charge < -0.3 is 25.0 Å². The maximum atomic E-state index is 14.3. The molecule has 0 spiro atoms. The van der Waals surface area contributed by atoms with Crippen LogP contribution in [0, 0.1) is 11.3 Å². The van der Waals surface area contributed by atoms with Gasteiger partial charge in [-0.2, -0.15) is 0 Å². The lowest BCUT2D eigenvalue weighted by molar-refractivity contribution is -0.142. The first-order chi connectivity index (χ1) is 22.2. The van der Waals surface area contributed by atoms with Crippen molar-refractivity contribution in [2.45, 2.75) is 101 Å². The maximum absolute atomic E-state index is 14.3. The zero-order valence-corrected chi connectivity index (χ0v) is 28.0. The summed E-state index contributed by atoms with van der Waals surface area (Å²) in [5.41, 5.74) is -1.54. The van der Waals surface area contributed by atoms with E-state index in [0.29, 0.717) is 25.1 Å². The first kappa shape index (κ1) is 34.4. The molecular weight excluding hydrogens is 626 g/mol. The van der Waals surface area contributed by atoms with Gasteiger partial charge in [-0.3, -0.25) is 19.1 Å². The van der Waals surface area contributed by atoms with Gasteiger partial charge in [-0.25, -0.2) is 18.2 Å². The van der Waals surface area contributed by atoms with Crippen molar-refractivity contribution in [2.75, 3.05) is 13.2 Å². The van der Waals surface area contributed by atoms with Crippen LogP contribution in [0.1, 0.15) is 77.7 Å². The third-order valence-electron chi connectivity index (χ3n) is 9.10. The van der Waals surface area contributed by atoms with Crippen molar-refractivity contribution in [1.82, 2.24) is 25.2 Å². The van der Waals surface area contributed by atoms with Crippen molar-refractivity contribution < 1.29 is 37.1 Å². The van der Waals surface area contributed by atoms with Crippen molar-refractivity contribution in [3.8, 4) is 5.88 Å². The van der Waals surface area contributed by atoms with Gasteiger partial charge in [0.1, 0.15) is 23.7 Å². The minimum atomic E-state index is -3.87. The minimum absolute atomic E-state index is 0.0000980. The number of ether oxygens (including phenoxy) is 2. The molecule has 1 aromatic rings. The molecule has 2 saturated carbocycles. The molecule has 3 fully saturated rings. The molecule has 0 aromatic carbocycles. The fourth-order valence-corrected chi connectivity index (χ4v) is 7.43. The quantitative estimate of drug-likeness (QED) is 0.385. The van der Waals surface area contributed by atoms with E-state index in [1.165, 1.54) is 11.0 Å². The van der Waals surface area contributed by atoms with Gasteiger partial charge in [0, 0.05) is 24.1 Å². The second-order valence-corrected chi connectivity index (χ2v) is 15.9. The first-order valence-electron chi connectivity index (χ1n) is 16.3. The van der Waals surface area contributed by atoms with Crippen LogP contribution in [0.15, 0.2) is 37.1 Å². The lowest BCUT2D eigenvalue weighted by atomic mass is 9.85. The number of allylic oxidation sites excluding steroid dienone is 1. The summed E-state index contributed by atoms with van der Waals surface area (Å²) in [5, 5.41) is 4.87. The van der Waals surface area contributed by atoms with Crippen LogP contribution >= 0.6 is 0 Å². The largest absolute Gasteiger partial charge is 0.472 e. The number of nitrogens with one attached hydrogen (secondary N) is 3. The second kappa shape index (κ2) is 13.7. The first-order valence-corrected chi connectivity index (χ1v) is 17.8. The molecule has 0 radical (unpaired) electrons. The van der Waals surface area contributed by atoms with Crippen molar-refractivity contribution in [1.29, 1.82) is 0 Å². The summed E-state index contributed by atoms with van der Waals surface area (Å²) >= 11 is 0. The standard InChI is InChI=1S/C33H45N5O8S/c1-5-22-19-33(22,30(41)37-47(43,44)24-14-15-24)36-27(39)25-18-23-20-38(25)29(40)26(32(2,3)4)35-31(42)45-17-10-8-6-7-9-12-21-13-11-16-34-28(21)46-23/h5,9,11-13,16,22-26H,1,6-8,10,14-15,17-20H2,2-4H3,(H,35,42)(H,36,39)(H,37,41)/b12-9+/t22-,23-,25+,26-,33-/m1/s1. The number of rotatable bonds is 6. The number of amides is 4. The Kier molecular flexibility index (Phi) is 9.99. The van der Waals surface area contributed by atoms with Crippen LogP contribution in [-0.2, 0) is 29.1 Å². The average Bonchev–Trinajstić information content (AvgIpc) is 3.93. The fourth-order valence-electron chi connectivity index (χ4n) is 6.07. The molecule has 14 heteroatoms. The molecule has 2 bridgehead atoms. The SMILES string of the molecule is C=C[C@@H]1C[C@]1(NC(=O)[C@@H]1C[C@@H]2CN1C(=O)[C@H](C(C)(C)C)NC(=O)OCCCCC/C=C/c1cccnc1O2)C(=O)NS(=O)(=O)C1CC1. The molecule has 2 aliphatic carbocycles. The topological polar surface area (TPSA) is 173 Å². The molecule has 1 saturated heterocycles. The summed E-state index contributed by atoms with van der Waals surface area (Å²) in [5.74, 6) is -2.13. The number of hydrogen-bond acceptors (Lipinski definition) is 9. The monoisotopic (exact) mass is 671 g/mol. The Morgan fingerprint density at radius 3 is 2.64 bits per heavy atom. The van der Waals surface area contributed by atoms with Crippen LogP contribution in [0.25, 0.3) is 6.08 Å². The Labute approximate surface area is 276 Å². The van der Waals surface area contributed by atoms with Gasteiger partial charge in [0.25, 0.3) is 5.91 Å². The number of pyridine rings is 1. The highest BCUT2D eigenvalue weighted by Crippen LogP contribution is 2.45. The Hall–Kier alpha value is -3.94. The molecule has 5 rings (SSSR count). The summed E-state index contributed by atoms with van der Waals surface area (Å²) in [6.45, 7) is 9.34. The molecule has 0 unspecified atom stereocenters. The predicted molar refractivity (Wildman–Crippen MR) is 173 cm³/mol. The molecule has 3 N–H and O–H groups in total. The van der Waals surface area contributed by atoms with E-state index in [1.807, 2.05) is 18.2 Å². The van der Waals surface area contributed by atoms with E-state index in [0.717, 1.165) is 24.8 Å². The molecule has 5 atom stereocenters. The lowest BCUT2D eigenvalue weighted by Crippen LogP contribution is -2.60. The van der Waals surface area contributed by atoms with Gasteiger partial charge in [0.2, 0.25) is 27.7 Å². The van der Waals surface area contributed by atoms with E-state index >= 15 is 0 Å². The van der Waals surface area contributed by atoms with Gasteiger partial charge in [0.15, 0.2) is 0 Å². The number of alkyl carbamates (subject to hydrolysis) is 1. The fraction of sp³-hybridized carbons (Fsp3) is 0.606. The summed E-state index contributed by atoms with van der Waals surface area (Å²) < 4.78 is 39.1. The summed E-state index contributed by atoms with van der Waals surface area (Å²) in [4.78, 5) is 60.3. The Bertz CT molecular complexity index is 1540. The number of hydrogen-bond donors (Lipinski definition) is 3. The van der Waals surface area contributed by atoms with Crippen LogP contribution in [0.4, 0.5) is 4.79 Å². The van der Waals surface area contributed by atoms with E-state index in [-0.39, 0.29) is 26.0 Å². The van der Waals surface area contributed by atoms with Crippen LogP contribution in [-0.4, -0.2) is 84.2 Å². The molecule has 1 aromatic heterocycles. The highest BCUT2D eigenvalue weighted by Gasteiger charge is 2.62. The van der Waals surface area contributed by atoms with Gasteiger partial charge in [-0.1, -0.05) is 39.0 Å². The van der Waals surface area contributed by atoms with Crippen molar-refractivity contribution in [3.05, 3.63) is 42.6 Å². The van der Waals surface area contributed by atoms with Crippen LogP contribution in [0.5, 0.6) is 5.88 Å². The van der Waals surface area contributed by atoms with E-state index < -0.39 is 74.1 Å². The normalized spacial score (nSPS) is 29.5. The highest BCUT2D eigenvalue weighted by atomic mass is 32.2. The number of nitrogens with zero attached hydrogens (tertiary/aromatic N) is 2. The minimum Gasteiger partial charge on any atom is -0.472 e. The second-order valence-electron chi connectivity index (χ2n) is 13.9. The number of carbonyl (C=O) groups is 4. The van der Waals surface area contributed by atoms with Gasteiger partial charge in [-0.15, -0.1) is 6.58 Å². The Morgan fingerprint density at radius 1 is 1.19 bits per heavy atom. The molecule has 256 valence electrons. The lowest BCUT2D eigenvalue weighted by Gasteiger charge is -2.35. The molecule has 4 aliphatic rings. The van der Waals surface area contributed by atoms with E-state index in [4.69, 9.17) is 9.47 Å². The van der Waals surface area contributed by atoms with Crippen LogP contribution < -0.4 is 20.1 Å². The molecule has 13 nitrogen and oxygen atoms in total. The number of cyclic esters (lactones) is 1. The summed E-state index contributed by atoms with van der Waals surface area (Å²) in [6, 6.07) is 1.51. The Balaban J connectivity index is 1.44. The predicted octanol–water partition coefficient (Wildman–Crippen LogP) is 2.83. The molecular formula is C33H45N5O8S. The smallest absolute Gasteiger partial charge is 0.407 e. The Morgan fingerprint density at radius 2 is 1.96 bits per heavy atom. The van der Waals surface area contributed by atoms with E-state index in [1.54, 1.807) is 33.0 Å². The highest BCUT2D eigenvalue weighted by molar-refractivity contribution is 7.91. The number of carbonyl (C=O) groups excluding carboxylic acids is 4. The number of sulfonamides is 1. The number of fused-ring (bicyclic) bond motifs is 3. The van der Waals surface area contributed by atoms with Crippen LogP contribution in [0.3, 0.4) is 0 Å². The van der Waals surface area contributed by atoms with Crippen molar-refractivity contribution in [3.63, 3.8) is 0 Å². The molecule has 3 heterocycles. The third-order valence-corrected chi connectivity index (χ3v) is 10.9.